The SMILES string of the molecule is CCCCC/C=C\C/C=C\C/C=C\C/C=C\CCCCCC(=O)NC(COP(=O)(O)OCC[N+](C)(C)C)C(/C=C\CCCCCCCCCCC)OC(=O)CCCCC/C=C\CCCCCCCC. The summed E-state index contributed by atoms with van der Waals surface area (Å²) in [6, 6.07) is -0.872. The molecule has 3 atom stereocenters. The Kier molecular flexibility index (Phi) is 47.2. The molecule has 2 N–H and O–H groups in total. The number of ether oxygens (including phenoxy) is 1. The van der Waals surface area contributed by atoms with Gasteiger partial charge in [0.05, 0.1) is 33.8 Å². The molecule has 69 heavy (non-hydrogen) atoms. The number of carbonyl (C=O) groups excluding carboxylic acids is 2. The number of unbranched alkanes of at least 4 members (excludes halogenated alkanes) is 24. The number of allylic oxidation sites excluding steroid dienone is 11. The average molecular weight is 988 g/mol. The molecule has 0 aliphatic rings. The summed E-state index contributed by atoms with van der Waals surface area (Å²) in [5.74, 6) is -0.563. The van der Waals surface area contributed by atoms with Crippen LogP contribution in [0.15, 0.2) is 72.9 Å². The van der Waals surface area contributed by atoms with Crippen LogP contribution in [0.25, 0.3) is 0 Å². The average Bonchev–Trinajstić information content (AvgIpc) is 3.31. The van der Waals surface area contributed by atoms with E-state index >= 15 is 0 Å². The normalized spacial score (nSPS) is 14.4. The number of rotatable bonds is 50. The zero-order valence-corrected chi connectivity index (χ0v) is 46.4. The highest BCUT2D eigenvalue weighted by Gasteiger charge is 2.30. The Balaban J connectivity index is 5.40. The third-order valence-electron chi connectivity index (χ3n) is 12.1. The monoisotopic (exact) mass is 988 g/mol. The third kappa shape index (κ3) is 50.2. The number of quaternary nitrogens is 1. The van der Waals surface area contributed by atoms with E-state index in [9.17, 15) is 19.0 Å². The van der Waals surface area contributed by atoms with Gasteiger partial charge in [0.1, 0.15) is 19.3 Å². The maximum atomic E-state index is 13.5. The zero-order chi connectivity index (χ0) is 50.8. The fourth-order valence-electron chi connectivity index (χ4n) is 7.68. The predicted molar refractivity (Wildman–Crippen MR) is 295 cm³/mol. The number of hydrogen-bond acceptors (Lipinski definition) is 6. The second-order valence-electron chi connectivity index (χ2n) is 20.1. The number of likely N-dealkylation sites (N-methyl/N-ethyl adjacent to an activating group) is 1. The number of phosphoric acid groups is 1. The first kappa shape index (κ1) is 66.5. The van der Waals surface area contributed by atoms with Gasteiger partial charge in [-0.3, -0.25) is 18.6 Å². The fraction of sp³-hybridized carbons (Fsp3) is 0.763. The zero-order valence-electron chi connectivity index (χ0n) is 45.5. The van der Waals surface area contributed by atoms with E-state index in [-0.39, 0.29) is 37.9 Å². The van der Waals surface area contributed by atoms with Crippen LogP contribution in [0.3, 0.4) is 0 Å². The minimum Gasteiger partial charge on any atom is -0.456 e. The van der Waals surface area contributed by atoms with Crippen molar-refractivity contribution in [3.63, 3.8) is 0 Å². The van der Waals surface area contributed by atoms with Gasteiger partial charge >= 0.3 is 13.8 Å². The van der Waals surface area contributed by atoms with Gasteiger partial charge < -0.3 is 19.4 Å². The first-order chi connectivity index (χ1) is 33.4. The Morgan fingerprint density at radius 3 is 1.36 bits per heavy atom. The van der Waals surface area contributed by atoms with Crippen molar-refractivity contribution in [1.29, 1.82) is 0 Å². The molecule has 0 heterocycles. The smallest absolute Gasteiger partial charge is 0.456 e. The summed E-state index contributed by atoms with van der Waals surface area (Å²) in [6.45, 7) is 6.92. The van der Waals surface area contributed by atoms with Crippen LogP contribution >= 0.6 is 7.82 Å². The third-order valence-corrected chi connectivity index (χ3v) is 13.1. The van der Waals surface area contributed by atoms with Gasteiger partial charge in [0.15, 0.2) is 0 Å². The summed E-state index contributed by atoms with van der Waals surface area (Å²) in [5, 5.41) is 3.02. The van der Waals surface area contributed by atoms with Crippen molar-refractivity contribution in [2.24, 2.45) is 0 Å². The highest BCUT2D eigenvalue weighted by atomic mass is 31.2. The number of amides is 1. The molecule has 0 aliphatic carbocycles. The van der Waals surface area contributed by atoms with Gasteiger partial charge in [-0.15, -0.1) is 0 Å². The largest absolute Gasteiger partial charge is 0.472 e. The molecule has 9 nitrogen and oxygen atoms in total. The lowest BCUT2D eigenvalue weighted by Gasteiger charge is -2.27. The van der Waals surface area contributed by atoms with Crippen LogP contribution in [0, 0.1) is 0 Å². The van der Waals surface area contributed by atoms with Gasteiger partial charge in [-0.2, -0.15) is 0 Å². The molecule has 0 aliphatic heterocycles. The van der Waals surface area contributed by atoms with Crippen LogP contribution in [0.5, 0.6) is 0 Å². The van der Waals surface area contributed by atoms with E-state index in [2.05, 4.69) is 86.8 Å². The minimum absolute atomic E-state index is 0.0291. The maximum absolute atomic E-state index is 13.5. The molecule has 0 rings (SSSR count). The van der Waals surface area contributed by atoms with Crippen molar-refractivity contribution in [3.8, 4) is 0 Å². The lowest BCUT2D eigenvalue weighted by molar-refractivity contribution is -0.870. The molecule has 400 valence electrons. The van der Waals surface area contributed by atoms with Crippen molar-refractivity contribution in [1.82, 2.24) is 5.32 Å². The highest BCUT2D eigenvalue weighted by Crippen LogP contribution is 2.43. The predicted octanol–water partition coefficient (Wildman–Crippen LogP) is 16.9. The van der Waals surface area contributed by atoms with Crippen molar-refractivity contribution in [3.05, 3.63) is 72.9 Å². The van der Waals surface area contributed by atoms with Gasteiger partial charge in [-0.1, -0.05) is 197 Å². The van der Waals surface area contributed by atoms with Gasteiger partial charge in [0.25, 0.3) is 0 Å². The summed E-state index contributed by atoms with van der Waals surface area (Å²) in [7, 11) is 1.46. The summed E-state index contributed by atoms with van der Waals surface area (Å²) in [6.07, 6.45) is 61.8. The topological polar surface area (TPSA) is 111 Å². The van der Waals surface area contributed by atoms with Crippen LogP contribution in [0.2, 0.25) is 0 Å². The van der Waals surface area contributed by atoms with E-state index in [1.54, 1.807) is 0 Å². The molecule has 0 radical (unpaired) electrons. The van der Waals surface area contributed by atoms with E-state index in [1.807, 2.05) is 33.3 Å². The Labute approximate surface area is 425 Å². The first-order valence-electron chi connectivity index (χ1n) is 28.3. The Bertz CT molecular complexity index is 1420. The first-order valence-corrected chi connectivity index (χ1v) is 29.8. The molecule has 3 unspecified atom stereocenters. The molecule has 0 spiro atoms. The van der Waals surface area contributed by atoms with Crippen molar-refractivity contribution < 1.29 is 37.3 Å². The Morgan fingerprint density at radius 1 is 0.507 bits per heavy atom. The van der Waals surface area contributed by atoms with Gasteiger partial charge in [0, 0.05) is 12.8 Å². The molecule has 0 saturated carbocycles. The molecule has 0 aromatic rings. The van der Waals surface area contributed by atoms with Gasteiger partial charge in [0.2, 0.25) is 5.91 Å². The molecule has 10 heteroatoms. The summed E-state index contributed by atoms with van der Waals surface area (Å²) in [4.78, 5) is 37.5. The number of carbonyl (C=O) groups is 2. The van der Waals surface area contributed by atoms with Gasteiger partial charge in [-0.05, 0) is 102 Å². The fourth-order valence-corrected chi connectivity index (χ4v) is 8.42. The number of nitrogens with one attached hydrogen (secondary N) is 1. The molecule has 0 aromatic heterocycles. The summed E-state index contributed by atoms with van der Waals surface area (Å²) in [5.41, 5.74) is 0. The second kappa shape index (κ2) is 49.0. The molecular formula is C59H108N2O7P+. The summed E-state index contributed by atoms with van der Waals surface area (Å²) >= 11 is 0. The highest BCUT2D eigenvalue weighted by molar-refractivity contribution is 7.47. The number of nitrogens with zero attached hydrogens (tertiary/aromatic N) is 1. The van der Waals surface area contributed by atoms with E-state index in [0.717, 1.165) is 83.5 Å². The molecule has 0 fully saturated rings. The number of esters is 1. The van der Waals surface area contributed by atoms with Crippen LogP contribution in [-0.2, 0) is 27.9 Å². The van der Waals surface area contributed by atoms with Crippen LogP contribution in [-0.4, -0.2) is 74.3 Å². The van der Waals surface area contributed by atoms with Crippen molar-refractivity contribution in [2.75, 3.05) is 40.9 Å². The van der Waals surface area contributed by atoms with Crippen molar-refractivity contribution >= 4 is 19.7 Å². The second-order valence-corrected chi connectivity index (χ2v) is 21.6. The molecular weight excluding hydrogens is 880 g/mol. The maximum Gasteiger partial charge on any atom is 0.472 e. The van der Waals surface area contributed by atoms with E-state index < -0.39 is 20.0 Å². The Morgan fingerprint density at radius 2 is 0.884 bits per heavy atom. The van der Waals surface area contributed by atoms with E-state index in [1.165, 1.54) is 109 Å². The quantitative estimate of drug-likeness (QED) is 0.0205. The lowest BCUT2D eigenvalue weighted by atomic mass is 10.1. The van der Waals surface area contributed by atoms with Crippen LogP contribution in [0.4, 0.5) is 0 Å². The molecule has 0 bridgehead atoms. The summed E-state index contributed by atoms with van der Waals surface area (Å²) < 4.78 is 30.5. The Hall–Kier alpha value is -2.55. The van der Waals surface area contributed by atoms with Crippen LogP contribution in [0.1, 0.15) is 239 Å². The lowest BCUT2D eigenvalue weighted by Crippen LogP contribution is -2.47. The van der Waals surface area contributed by atoms with Crippen LogP contribution < -0.4 is 5.32 Å². The minimum atomic E-state index is -4.46. The van der Waals surface area contributed by atoms with E-state index in [0.29, 0.717) is 23.9 Å². The molecule has 1 amide bonds. The number of hydrogen-bond donors (Lipinski definition) is 2. The molecule has 0 saturated heterocycles. The molecule has 0 aromatic carbocycles. The van der Waals surface area contributed by atoms with Gasteiger partial charge in [-0.25, -0.2) is 4.57 Å². The standard InChI is InChI=1S/C59H107N2O7P/c1-7-10-13-16-19-22-25-27-28-29-30-31-32-34-36-39-42-45-48-51-58(62)60-56(55-67-69(64,65)66-54-53-61(4,5)6)57(50-47-44-41-38-35-24-21-18-15-12-9-3)68-59(63)52-49-46-43-40-37-33-26-23-20-17-14-11-8-2/h19,22,27-28,30-31,33-34,36-37,47,50,56-57H,7-18,20-21,23-26,29,32,35,38-46,48-49,51-55H2,1-6H3,(H-,60,62,64,65)/p+1/b22-19-,28-27-,31-30-,36-34-,37-33-,50-47-. The van der Waals surface area contributed by atoms with Crippen molar-refractivity contribution in [2.45, 2.75) is 251 Å². The number of phosphoric ester groups is 1. The van der Waals surface area contributed by atoms with E-state index in [4.69, 9.17) is 13.8 Å².